The number of anilines is 1. The van der Waals surface area contributed by atoms with Gasteiger partial charge in [0.2, 0.25) is 0 Å². The fourth-order valence-electron chi connectivity index (χ4n) is 3.72. The number of aromatic nitrogens is 2. The van der Waals surface area contributed by atoms with Crippen LogP contribution in [0.25, 0.3) is 0 Å². The van der Waals surface area contributed by atoms with E-state index in [9.17, 15) is 28.8 Å². The number of hydrogen-bond donors (Lipinski definition) is 3. The van der Waals surface area contributed by atoms with Gasteiger partial charge in [-0.2, -0.15) is 4.98 Å². The van der Waals surface area contributed by atoms with Crippen LogP contribution >= 0.6 is 7.60 Å². The van der Waals surface area contributed by atoms with Gasteiger partial charge in [0.15, 0.2) is 11.8 Å². The van der Waals surface area contributed by atoms with Crippen LogP contribution in [0.5, 0.6) is 5.75 Å². The number of carbonyl (C=O) groups is 1. The minimum absolute atomic E-state index is 0.104. The van der Waals surface area contributed by atoms with Gasteiger partial charge in [0.25, 0.3) is 0 Å². The van der Waals surface area contributed by atoms with E-state index >= 15 is 0 Å². The summed E-state index contributed by atoms with van der Waals surface area (Å²) in [6, 6.07) is 9.31. The van der Waals surface area contributed by atoms with Gasteiger partial charge in [-0.25, -0.2) is 13.8 Å². The molecule has 12 nitrogen and oxygen atoms in total. The number of para-hydroxylation sites is 1. The molecule has 2 aromatic rings. The molecule has 0 spiro atoms. The van der Waals surface area contributed by atoms with Crippen LogP contribution < -0.4 is 15.9 Å². The molecule has 6 atom stereocenters. The van der Waals surface area contributed by atoms with Crippen LogP contribution in [0.3, 0.4) is 0 Å². The van der Waals surface area contributed by atoms with Crippen molar-refractivity contribution in [2.75, 3.05) is 25.2 Å². The second kappa shape index (κ2) is 11.7. The predicted molar refractivity (Wildman–Crippen MR) is 130 cm³/mol. The van der Waals surface area contributed by atoms with E-state index in [1.165, 1.54) is 25.1 Å². The molecule has 0 amide bonds. The molecule has 1 aromatic carbocycles. The minimum Gasteiger partial charge on any atom is -0.463 e. The zero-order valence-electron chi connectivity index (χ0n) is 20.6. The highest BCUT2D eigenvalue weighted by Crippen LogP contribution is 2.51. The van der Waals surface area contributed by atoms with Crippen LogP contribution in [0, 0.1) is 5.92 Å². The van der Waals surface area contributed by atoms with Gasteiger partial charge >= 0.3 is 19.3 Å². The number of aliphatic hydroxyl groups is 2. The van der Waals surface area contributed by atoms with Gasteiger partial charge in [0, 0.05) is 6.20 Å². The second-order valence-corrected chi connectivity index (χ2v) is 11.0. The number of nitrogens with zero attached hydrogens (tertiary/aromatic N) is 2. The van der Waals surface area contributed by atoms with E-state index in [1.54, 1.807) is 32.0 Å². The number of aliphatic hydroxyl groups excluding tert-OH is 1. The Balaban J connectivity index is 1.82. The Morgan fingerprint density at radius 2 is 1.97 bits per heavy atom. The lowest BCUT2D eigenvalue weighted by Crippen LogP contribution is -2.50. The standard InChI is InChI=1S/C23H31FN3O9P/c1-14(2)34-20(29)15(3)12-37(32,36-16-7-5-4-6-8-16)33-11-17-19(28)23(31,13-24)21(35-17)27-10-9-18(25)26-22(27)30/h4-10,14-15,17,19,21,28,31H,11-13H2,1-3H3,(H2,25,26,30)/t15-,17-,19+,21-,23?,37+/m1/s1. The van der Waals surface area contributed by atoms with Crippen molar-refractivity contribution in [1.82, 2.24) is 9.55 Å². The first kappa shape index (κ1) is 28.7. The van der Waals surface area contributed by atoms with Gasteiger partial charge in [-0.15, -0.1) is 0 Å². The average Bonchev–Trinajstić information content (AvgIpc) is 3.08. The van der Waals surface area contributed by atoms with Crippen molar-refractivity contribution in [3.05, 3.63) is 53.1 Å². The highest BCUT2D eigenvalue weighted by Gasteiger charge is 2.57. The SMILES string of the molecule is CC(C)OC(=O)[C@H](C)C[P@](=O)(OC[C@H]1O[C@@H](n2ccc(N)nc2=O)C(O)(CF)[C@H]1O)Oc1ccccc1. The molecular weight excluding hydrogens is 512 g/mol. The number of carbonyl (C=O) groups excluding carboxylic acids is 1. The Hall–Kier alpha value is -2.83. The summed E-state index contributed by atoms with van der Waals surface area (Å²) in [5, 5.41) is 21.5. The van der Waals surface area contributed by atoms with Gasteiger partial charge in [0.05, 0.1) is 24.8 Å². The normalized spacial score (nSPS) is 26.0. The molecule has 4 N–H and O–H groups in total. The number of benzene rings is 1. The molecular formula is C23H31FN3O9P. The first-order valence-corrected chi connectivity index (χ1v) is 13.3. The minimum atomic E-state index is -4.10. The van der Waals surface area contributed by atoms with Crippen LogP contribution in [0.4, 0.5) is 10.2 Å². The molecule has 0 bridgehead atoms. The number of halogens is 1. The number of ether oxygens (including phenoxy) is 2. The maximum Gasteiger partial charge on any atom is 0.380 e. The summed E-state index contributed by atoms with van der Waals surface area (Å²) in [5.74, 6) is -1.41. The number of rotatable bonds is 11. The largest absolute Gasteiger partial charge is 0.463 e. The third-order valence-corrected chi connectivity index (χ3v) is 7.62. The molecule has 0 saturated carbocycles. The fourth-order valence-corrected chi connectivity index (χ4v) is 5.59. The molecule has 204 valence electrons. The molecule has 1 unspecified atom stereocenters. The van der Waals surface area contributed by atoms with Gasteiger partial charge in [-0.05, 0) is 32.0 Å². The monoisotopic (exact) mass is 543 g/mol. The van der Waals surface area contributed by atoms with Crippen LogP contribution in [0.15, 0.2) is 47.4 Å². The summed E-state index contributed by atoms with van der Waals surface area (Å²) in [6.45, 7) is 2.72. The zero-order chi connectivity index (χ0) is 27.4. The Morgan fingerprint density at radius 1 is 1.30 bits per heavy atom. The molecule has 1 aliphatic heterocycles. The number of alkyl halides is 1. The molecule has 3 rings (SSSR count). The average molecular weight is 543 g/mol. The van der Waals surface area contributed by atoms with Crippen molar-refractivity contribution in [1.29, 1.82) is 0 Å². The number of esters is 1. The van der Waals surface area contributed by atoms with E-state index in [2.05, 4.69) is 4.98 Å². The van der Waals surface area contributed by atoms with E-state index in [1.807, 2.05) is 0 Å². The Labute approximate surface area is 212 Å². The Bertz CT molecular complexity index is 1180. The lowest BCUT2D eigenvalue weighted by Gasteiger charge is -2.28. The van der Waals surface area contributed by atoms with Gasteiger partial charge < -0.3 is 29.9 Å². The molecule has 1 aromatic heterocycles. The first-order chi connectivity index (χ1) is 17.4. The highest BCUT2D eigenvalue weighted by molar-refractivity contribution is 7.54. The van der Waals surface area contributed by atoms with Crippen LogP contribution in [0.2, 0.25) is 0 Å². The van der Waals surface area contributed by atoms with E-state index < -0.39 is 68.6 Å². The van der Waals surface area contributed by atoms with Crippen molar-refractivity contribution in [3.8, 4) is 5.75 Å². The first-order valence-electron chi connectivity index (χ1n) is 11.5. The van der Waals surface area contributed by atoms with E-state index in [0.717, 1.165) is 10.8 Å². The Kier molecular flexibility index (Phi) is 9.09. The zero-order valence-corrected chi connectivity index (χ0v) is 21.5. The van der Waals surface area contributed by atoms with Crippen molar-refractivity contribution in [2.24, 2.45) is 5.92 Å². The van der Waals surface area contributed by atoms with E-state index in [-0.39, 0.29) is 17.7 Å². The van der Waals surface area contributed by atoms with Gasteiger partial charge in [-0.1, -0.05) is 25.1 Å². The summed E-state index contributed by atoms with van der Waals surface area (Å²) in [5.41, 5.74) is 1.99. The summed E-state index contributed by atoms with van der Waals surface area (Å²) >= 11 is 0. The number of hydrogen-bond acceptors (Lipinski definition) is 11. The third kappa shape index (κ3) is 6.74. The van der Waals surface area contributed by atoms with Crippen molar-refractivity contribution < 1.29 is 42.5 Å². The summed E-state index contributed by atoms with van der Waals surface area (Å²) in [6.07, 6.45) is -4.64. The highest BCUT2D eigenvalue weighted by atomic mass is 31.2. The molecule has 1 aliphatic rings. The van der Waals surface area contributed by atoms with Crippen molar-refractivity contribution in [2.45, 2.75) is 50.9 Å². The van der Waals surface area contributed by atoms with E-state index in [4.69, 9.17) is 24.3 Å². The quantitative estimate of drug-likeness (QED) is 0.278. The lowest BCUT2D eigenvalue weighted by atomic mass is 9.95. The molecule has 14 heteroatoms. The summed E-state index contributed by atoms with van der Waals surface area (Å²) in [7, 11) is -4.10. The third-order valence-electron chi connectivity index (χ3n) is 5.59. The van der Waals surface area contributed by atoms with Crippen LogP contribution in [-0.2, 0) is 23.4 Å². The second-order valence-electron chi connectivity index (χ2n) is 9.02. The van der Waals surface area contributed by atoms with Crippen molar-refractivity contribution in [3.63, 3.8) is 0 Å². The maximum absolute atomic E-state index is 14.0. The molecule has 1 fully saturated rings. The van der Waals surface area contributed by atoms with Crippen LogP contribution in [-0.4, -0.2) is 69.1 Å². The number of nitrogen functional groups attached to an aromatic ring is 1. The number of nitrogens with two attached hydrogens (primary N) is 1. The topological polar surface area (TPSA) is 172 Å². The molecule has 2 heterocycles. The lowest BCUT2D eigenvalue weighted by molar-refractivity contribution is -0.151. The summed E-state index contributed by atoms with van der Waals surface area (Å²) in [4.78, 5) is 28.1. The molecule has 37 heavy (non-hydrogen) atoms. The van der Waals surface area contributed by atoms with Crippen molar-refractivity contribution >= 4 is 19.4 Å². The van der Waals surface area contributed by atoms with Gasteiger partial charge in [-0.3, -0.25) is 13.9 Å². The van der Waals surface area contributed by atoms with Crippen LogP contribution in [0.1, 0.15) is 27.0 Å². The molecule has 0 aliphatic carbocycles. The predicted octanol–water partition coefficient (Wildman–Crippen LogP) is 1.66. The van der Waals surface area contributed by atoms with Gasteiger partial charge in [0.1, 0.15) is 30.4 Å². The summed E-state index contributed by atoms with van der Waals surface area (Å²) < 4.78 is 50.4. The molecule has 0 radical (unpaired) electrons. The smallest absolute Gasteiger partial charge is 0.380 e. The Morgan fingerprint density at radius 3 is 2.57 bits per heavy atom. The fraction of sp³-hybridized carbons (Fsp3) is 0.522. The molecule has 1 saturated heterocycles. The maximum atomic E-state index is 14.0. The van der Waals surface area contributed by atoms with E-state index in [0.29, 0.717) is 0 Å².